The molecule has 3 rings (SSSR count). The van der Waals surface area contributed by atoms with E-state index in [4.69, 9.17) is 0 Å². The fourth-order valence-corrected chi connectivity index (χ4v) is 3.00. The first-order chi connectivity index (χ1) is 12.9. The Morgan fingerprint density at radius 3 is 2.22 bits per heavy atom. The molecule has 1 unspecified atom stereocenters. The molecule has 7 heteroatoms. The predicted molar refractivity (Wildman–Crippen MR) is 99.3 cm³/mol. The molecule has 0 aromatic heterocycles. The Balaban J connectivity index is 1.57. The Labute approximate surface area is 156 Å². The SMILES string of the molecule is CC(=O)Nc1ccc(NC(=O)C2CC(=O)N(Cc3ccc(F)cc3)C2)cc1. The molecule has 27 heavy (non-hydrogen) atoms. The van der Waals surface area contributed by atoms with Crippen LogP contribution >= 0.6 is 0 Å². The number of hydrogen-bond donors (Lipinski definition) is 2. The maximum Gasteiger partial charge on any atom is 0.229 e. The van der Waals surface area contributed by atoms with E-state index in [1.165, 1.54) is 19.1 Å². The molecule has 1 atom stereocenters. The number of halogens is 1. The van der Waals surface area contributed by atoms with Crippen molar-refractivity contribution in [2.75, 3.05) is 17.2 Å². The van der Waals surface area contributed by atoms with E-state index in [1.807, 2.05) is 0 Å². The summed E-state index contributed by atoms with van der Waals surface area (Å²) in [6.45, 7) is 2.10. The molecule has 1 fully saturated rings. The lowest BCUT2D eigenvalue weighted by molar-refractivity contribution is -0.128. The molecule has 0 radical (unpaired) electrons. The van der Waals surface area contributed by atoms with Crippen LogP contribution in [0.3, 0.4) is 0 Å². The quantitative estimate of drug-likeness (QED) is 0.851. The molecule has 0 spiro atoms. The third-order valence-electron chi connectivity index (χ3n) is 4.34. The molecular weight excluding hydrogens is 349 g/mol. The van der Waals surface area contributed by atoms with Gasteiger partial charge in [-0.2, -0.15) is 0 Å². The minimum absolute atomic E-state index is 0.0968. The molecule has 2 aromatic rings. The zero-order valence-corrected chi connectivity index (χ0v) is 14.9. The van der Waals surface area contributed by atoms with Gasteiger partial charge in [0.2, 0.25) is 17.7 Å². The van der Waals surface area contributed by atoms with Crippen LogP contribution in [0.1, 0.15) is 18.9 Å². The molecule has 1 heterocycles. The first kappa shape index (κ1) is 18.6. The van der Waals surface area contributed by atoms with Gasteiger partial charge in [-0.3, -0.25) is 14.4 Å². The van der Waals surface area contributed by atoms with Gasteiger partial charge in [-0.25, -0.2) is 4.39 Å². The van der Waals surface area contributed by atoms with Crippen molar-refractivity contribution in [1.29, 1.82) is 0 Å². The summed E-state index contributed by atoms with van der Waals surface area (Å²) >= 11 is 0. The minimum atomic E-state index is -0.437. The van der Waals surface area contributed by atoms with Crippen molar-refractivity contribution in [3.05, 3.63) is 59.9 Å². The highest BCUT2D eigenvalue weighted by atomic mass is 19.1. The third kappa shape index (κ3) is 4.91. The topological polar surface area (TPSA) is 78.5 Å². The van der Waals surface area contributed by atoms with Gasteiger partial charge in [0.05, 0.1) is 5.92 Å². The van der Waals surface area contributed by atoms with E-state index in [2.05, 4.69) is 10.6 Å². The average molecular weight is 369 g/mol. The summed E-state index contributed by atoms with van der Waals surface area (Å²) < 4.78 is 13.0. The molecule has 0 bridgehead atoms. The van der Waals surface area contributed by atoms with Crippen LogP contribution in [0.5, 0.6) is 0 Å². The van der Waals surface area contributed by atoms with E-state index >= 15 is 0 Å². The van der Waals surface area contributed by atoms with E-state index < -0.39 is 5.92 Å². The molecule has 140 valence electrons. The first-order valence-electron chi connectivity index (χ1n) is 8.61. The number of likely N-dealkylation sites (tertiary alicyclic amines) is 1. The Morgan fingerprint density at radius 1 is 1.04 bits per heavy atom. The van der Waals surface area contributed by atoms with Crippen molar-refractivity contribution in [3.63, 3.8) is 0 Å². The van der Waals surface area contributed by atoms with Crippen molar-refractivity contribution >= 4 is 29.1 Å². The summed E-state index contributed by atoms with van der Waals surface area (Å²) in [5.41, 5.74) is 2.06. The van der Waals surface area contributed by atoms with Gasteiger partial charge in [0.25, 0.3) is 0 Å². The molecule has 3 amide bonds. The Morgan fingerprint density at radius 2 is 1.63 bits per heavy atom. The molecule has 1 aliphatic heterocycles. The number of carbonyl (C=O) groups is 3. The average Bonchev–Trinajstić information content (AvgIpc) is 2.99. The molecule has 0 aliphatic carbocycles. The number of hydrogen-bond acceptors (Lipinski definition) is 3. The summed E-state index contributed by atoms with van der Waals surface area (Å²) in [4.78, 5) is 37.3. The molecule has 0 saturated carbocycles. The fraction of sp³-hybridized carbons (Fsp3) is 0.250. The highest BCUT2D eigenvalue weighted by molar-refractivity contribution is 5.97. The highest BCUT2D eigenvalue weighted by Crippen LogP contribution is 2.22. The highest BCUT2D eigenvalue weighted by Gasteiger charge is 2.34. The Hall–Kier alpha value is -3.22. The Bertz CT molecular complexity index is 850. The van der Waals surface area contributed by atoms with E-state index in [0.29, 0.717) is 24.5 Å². The second-order valence-corrected chi connectivity index (χ2v) is 6.55. The van der Waals surface area contributed by atoms with Crippen LogP contribution in [-0.2, 0) is 20.9 Å². The summed E-state index contributed by atoms with van der Waals surface area (Å²) in [6.07, 6.45) is 0.150. The minimum Gasteiger partial charge on any atom is -0.338 e. The van der Waals surface area contributed by atoms with Gasteiger partial charge >= 0.3 is 0 Å². The number of amides is 3. The Kier molecular flexibility index (Phi) is 5.49. The third-order valence-corrected chi connectivity index (χ3v) is 4.34. The zero-order chi connectivity index (χ0) is 19.4. The van der Waals surface area contributed by atoms with Crippen LogP contribution in [0, 0.1) is 11.7 Å². The maximum absolute atomic E-state index is 13.0. The summed E-state index contributed by atoms with van der Waals surface area (Å²) in [6, 6.07) is 12.7. The van der Waals surface area contributed by atoms with Crippen LogP contribution in [0.2, 0.25) is 0 Å². The number of anilines is 2. The van der Waals surface area contributed by atoms with Gasteiger partial charge in [0.1, 0.15) is 5.82 Å². The van der Waals surface area contributed by atoms with E-state index in [-0.39, 0.29) is 30.0 Å². The standard InChI is InChI=1S/C20H20FN3O3/c1-13(25)22-17-6-8-18(9-7-17)23-20(27)15-10-19(26)24(12-15)11-14-2-4-16(21)5-3-14/h2-9,15H,10-12H2,1H3,(H,22,25)(H,23,27). The van der Waals surface area contributed by atoms with Gasteiger partial charge in [0, 0.05) is 37.8 Å². The predicted octanol–water partition coefficient (Wildman–Crippen LogP) is 2.77. The first-order valence-corrected chi connectivity index (χ1v) is 8.61. The summed E-state index contributed by atoms with van der Waals surface area (Å²) in [5.74, 6) is -1.25. The smallest absolute Gasteiger partial charge is 0.229 e. The largest absolute Gasteiger partial charge is 0.338 e. The maximum atomic E-state index is 13.0. The second kappa shape index (κ2) is 7.99. The van der Waals surface area contributed by atoms with Crippen molar-refractivity contribution in [1.82, 2.24) is 4.90 Å². The van der Waals surface area contributed by atoms with Gasteiger partial charge < -0.3 is 15.5 Å². The van der Waals surface area contributed by atoms with Crippen LogP contribution in [-0.4, -0.2) is 29.2 Å². The number of rotatable bonds is 5. The van der Waals surface area contributed by atoms with Gasteiger partial charge in [-0.05, 0) is 42.0 Å². The lowest BCUT2D eigenvalue weighted by Gasteiger charge is -2.16. The zero-order valence-electron chi connectivity index (χ0n) is 14.9. The summed E-state index contributed by atoms with van der Waals surface area (Å²) in [5, 5.41) is 5.45. The van der Waals surface area contributed by atoms with E-state index in [1.54, 1.807) is 41.3 Å². The lowest BCUT2D eigenvalue weighted by atomic mass is 10.1. The van der Waals surface area contributed by atoms with Crippen LogP contribution in [0.4, 0.5) is 15.8 Å². The number of benzene rings is 2. The van der Waals surface area contributed by atoms with Crippen molar-refractivity contribution < 1.29 is 18.8 Å². The normalized spacial score (nSPS) is 16.3. The van der Waals surface area contributed by atoms with Gasteiger partial charge in [0.15, 0.2) is 0 Å². The van der Waals surface area contributed by atoms with E-state index in [9.17, 15) is 18.8 Å². The van der Waals surface area contributed by atoms with Crippen LogP contribution < -0.4 is 10.6 Å². The number of nitrogens with zero attached hydrogens (tertiary/aromatic N) is 1. The van der Waals surface area contributed by atoms with E-state index in [0.717, 1.165) is 5.56 Å². The summed E-state index contributed by atoms with van der Waals surface area (Å²) in [7, 11) is 0. The monoisotopic (exact) mass is 369 g/mol. The van der Waals surface area contributed by atoms with Gasteiger partial charge in [-0.15, -0.1) is 0 Å². The van der Waals surface area contributed by atoms with Gasteiger partial charge in [-0.1, -0.05) is 12.1 Å². The lowest BCUT2D eigenvalue weighted by Crippen LogP contribution is -2.28. The van der Waals surface area contributed by atoms with Crippen molar-refractivity contribution in [2.24, 2.45) is 5.92 Å². The molecule has 2 N–H and O–H groups in total. The molecule has 6 nitrogen and oxygen atoms in total. The molecule has 1 aliphatic rings. The molecule has 2 aromatic carbocycles. The van der Waals surface area contributed by atoms with Crippen LogP contribution in [0.25, 0.3) is 0 Å². The number of nitrogens with one attached hydrogen (secondary N) is 2. The molecular formula is C20H20FN3O3. The second-order valence-electron chi connectivity index (χ2n) is 6.55. The van der Waals surface area contributed by atoms with Crippen molar-refractivity contribution in [2.45, 2.75) is 19.9 Å². The van der Waals surface area contributed by atoms with Crippen LogP contribution in [0.15, 0.2) is 48.5 Å². The fourth-order valence-electron chi connectivity index (χ4n) is 3.00. The molecule has 1 saturated heterocycles. The number of carbonyl (C=O) groups excluding carboxylic acids is 3. The van der Waals surface area contributed by atoms with Crippen molar-refractivity contribution in [3.8, 4) is 0 Å².